The molecule has 1 aliphatic rings. The van der Waals surface area contributed by atoms with Crippen LogP contribution in [0.4, 0.5) is 0 Å². The average molecular weight is 373 g/mol. The third kappa shape index (κ3) is 3.53. The number of nitrogens with one attached hydrogen (secondary N) is 1. The average Bonchev–Trinajstić information content (AvgIpc) is 2.38. The fraction of sp³-hybridized carbons (Fsp3) is 0.538. The molecule has 1 aromatic heterocycles. The van der Waals surface area contributed by atoms with Gasteiger partial charge >= 0.3 is 0 Å². The van der Waals surface area contributed by atoms with Crippen LogP contribution in [-0.4, -0.2) is 11.0 Å². The highest BCUT2D eigenvalue weighted by Gasteiger charge is 2.21. The molecule has 0 saturated heterocycles. The van der Waals surface area contributed by atoms with Gasteiger partial charge in [-0.05, 0) is 50.8 Å². The van der Waals surface area contributed by atoms with Crippen molar-refractivity contribution in [1.82, 2.24) is 10.3 Å². The van der Waals surface area contributed by atoms with Crippen LogP contribution in [0.25, 0.3) is 0 Å². The lowest BCUT2D eigenvalue weighted by Crippen LogP contribution is -2.34. The SMILES string of the molecule is N#CC(NC1CCCCC1)c1ncc(Br)cc1Br. The Hall–Kier alpha value is -0.440. The van der Waals surface area contributed by atoms with Gasteiger partial charge in [-0.15, -0.1) is 0 Å². The van der Waals surface area contributed by atoms with Crippen LogP contribution in [0, 0.1) is 11.3 Å². The molecule has 96 valence electrons. The third-order valence-electron chi connectivity index (χ3n) is 3.25. The molecule has 0 spiro atoms. The predicted molar refractivity (Wildman–Crippen MR) is 78.0 cm³/mol. The monoisotopic (exact) mass is 371 g/mol. The second-order valence-electron chi connectivity index (χ2n) is 4.58. The third-order valence-corrected chi connectivity index (χ3v) is 4.32. The highest BCUT2D eigenvalue weighted by Crippen LogP contribution is 2.26. The van der Waals surface area contributed by atoms with Crippen molar-refractivity contribution >= 4 is 31.9 Å². The van der Waals surface area contributed by atoms with Gasteiger partial charge in [-0.1, -0.05) is 19.3 Å². The topological polar surface area (TPSA) is 48.7 Å². The summed E-state index contributed by atoms with van der Waals surface area (Å²) in [5.74, 6) is 0. The van der Waals surface area contributed by atoms with Gasteiger partial charge in [0.2, 0.25) is 0 Å². The lowest BCUT2D eigenvalue weighted by Gasteiger charge is -2.25. The fourth-order valence-electron chi connectivity index (χ4n) is 2.32. The van der Waals surface area contributed by atoms with Crippen molar-refractivity contribution in [3.63, 3.8) is 0 Å². The standard InChI is InChI=1S/C13H15Br2N3/c14-9-6-11(15)13(17-8-9)12(7-16)18-10-4-2-1-3-5-10/h6,8,10,12,18H,1-5H2. The molecule has 1 fully saturated rings. The van der Waals surface area contributed by atoms with Gasteiger partial charge in [-0.25, -0.2) is 0 Å². The minimum absolute atomic E-state index is 0.337. The van der Waals surface area contributed by atoms with E-state index < -0.39 is 0 Å². The Balaban J connectivity index is 2.10. The summed E-state index contributed by atoms with van der Waals surface area (Å²) in [7, 11) is 0. The molecule has 1 unspecified atom stereocenters. The van der Waals surface area contributed by atoms with Crippen molar-refractivity contribution < 1.29 is 0 Å². The van der Waals surface area contributed by atoms with Gasteiger partial charge in [-0.3, -0.25) is 10.3 Å². The number of rotatable bonds is 3. The maximum atomic E-state index is 9.32. The number of hydrogen-bond acceptors (Lipinski definition) is 3. The normalized spacial score (nSPS) is 18.3. The Bertz CT molecular complexity index is 450. The van der Waals surface area contributed by atoms with E-state index in [4.69, 9.17) is 0 Å². The molecule has 5 heteroatoms. The quantitative estimate of drug-likeness (QED) is 0.868. The molecule has 0 amide bonds. The van der Waals surface area contributed by atoms with Crippen LogP contribution < -0.4 is 5.32 Å². The summed E-state index contributed by atoms with van der Waals surface area (Å²) in [4.78, 5) is 4.34. The summed E-state index contributed by atoms with van der Waals surface area (Å²) in [6, 6.07) is 4.34. The molecule has 18 heavy (non-hydrogen) atoms. The lowest BCUT2D eigenvalue weighted by atomic mass is 9.94. The number of nitriles is 1. The largest absolute Gasteiger partial charge is 0.294 e. The first kappa shape index (κ1) is 14.0. The second kappa shape index (κ2) is 6.65. The maximum absolute atomic E-state index is 9.32. The zero-order chi connectivity index (χ0) is 13.0. The molecule has 1 atom stereocenters. The first-order chi connectivity index (χ1) is 8.70. The summed E-state index contributed by atoms with van der Waals surface area (Å²) in [5.41, 5.74) is 0.770. The van der Waals surface area contributed by atoms with Crippen molar-refractivity contribution in [2.45, 2.75) is 44.2 Å². The van der Waals surface area contributed by atoms with Crippen LogP contribution in [0.3, 0.4) is 0 Å². The fourth-order valence-corrected chi connectivity index (χ4v) is 3.54. The number of nitrogens with zero attached hydrogens (tertiary/aromatic N) is 2. The van der Waals surface area contributed by atoms with Crippen molar-refractivity contribution in [3.05, 3.63) is 26.9 Å². The van der Waals surface area contributed by atoms with Crippen LogP contribution in [0.1, 0.15) is 43.8 Å². The minimum Gasteiger partial charge on any atom is -0.294 e. The molecule has 2 rings (SSSR count). The van der Waals surface area contributed by atoms with Gasteiger partial charge in [0.25, 0.3) is 0 Å². The number of halogens is 2. The molecule has 1 aliphatic carbocycles. The predicted octanol–water partition coefficient (Wildman–Crippen LogP) is 4.09. The molecule has 1 saturated carbocycles. The first-order valence-electron chi connectivity index (χ1n) is 6.17. The number of aromatic nitrogens is 1. The van der Waals surface area contributed by atoms with E-state index in [1.165, 1.54) is 19.3 Å². The molecule has 0 aliphatic heterocycles. The second-order valence-corrected chi connectivity index (χ2v) is 6.35. The summed E-state index contributed by atoms with van der Waals surface area (Å²) < 4.78 is 1.78. The zero-order valence-electron chi connectivity index (χ0n) is 10.00. The Morgan fingerprint density at radius 3 is 2.67 bits per heavy atom. The summed E-state index contributed by atoms with van der Waals surface area (Å²) >= 11 is 6.84. The van der Waals surface area contributed by atoms with Crippen LogP contribution in [0.15, 0.2) is 21.2 Å². The van der Waals surface area contributed by atoms with Gasteiger partial charge in [-0.2, -0.15) is 5.26 Å². The minimum atomic E-state index is -0.337. The van der Waals surface area contributed by atoms with E-state index in [-0.39, 0.29) is 6.04 Å². The lowest BCUT2D eigenvalue weighted by molar-refractivity contribution is 0.357. The molecule has 1 heterocycles. The molecule has 0 radical (unpaired) electrons. The van der Waals surface area contributed by atoms with Crippen molar-refractivity contribution in [2.75, 3.05) is 0 Å². The number of hydrogen-bond donors (Lipinski definition) is 1. The van der Waals surface area contributed by atoms with Crippen molar-refractivity contribution in [2.24, 2.45) is 0 Å². The van der Waals surface area contributed by atoms with Gasteiger partial charge < -0.3 is 0 Å². The molecular formula is C13H15Br2N3. The smallest absolute Gasteiger partial charge is 0.139 e. The Morgan fingerprint density at radius 1 is 1.33 bits per heavy atom. The van der Waals surface area contributed by atoms with E-state index >= 15 is 0 Å². The molecule has 0 bridgehead atoms. The van der Waals surface area contributed by atoms with Crippen LogP contribution in [-0.2, 0) is 0 Å². The first-order valence-corrected chi connectivity index (χ1v) is 7.76. The molecular weight excluding hydrogens is 358 g/mol. The van der Waals surface area contributed by atoms with Gasteiger partial charge in [0.1, 0.15) is 6.04 Å². The summed E-state index contributed by atoms with van der Waals surface area (Å²) in [6.07, 6.45) is 7.87. The van der Waals surface area contributed by atoms with E-state index in [2.05, 4.69) is 48.2 Å². The van der Waals surface area contributed by atoms with E-state index in [9.17, 15) is 5.26 Å². The van der Waals surface area contributed by atoms with Crippen LogP contribution in [0.2, 0.25) is 0 Å². The van der Waals surface area contributed by atoms with Gasteiger partial charge in [0.15, 0.2) is 0 Å². The van der Waals surface area contributed by atoms with Crippen LogP contribution in [0.5, 0.6) is 0 Å². The van der Waals surface area contributed by atoms with E-state index in [1.54, 1.807) is 6.20 Å². The zero-order valence-corrected chi connectivity index (χ0v) is 13.2. The molecule has 0 aromatic carbocycles. The summed E-state index contributed by atoms with van der Waals surface area (Å²) in [6.45, 7) is 0. The maximum Gasteiger partial charge on any atom is 0.139 e. The van der Waals surface area contributed by atoms with Crippen molar-refractivity contribution in [1.29, 1.82) is 5.26 Å². The van der Waals surface area contributed by atoms with Crippen molar-refractivity contribution in [3.8, 4) is 6.07 Å². The van der Waals surface area contributed by atoms with E-state index in [1.807, 2.05) is 6.07 Å². The van der Waals surface area contributed by atoms with Gasteiger partial charge in [0, 0.05) is 21.2 Å². The number of pyridine rings is 1. The Morgan fingerprint density at radius 2 is 2.06 bits per heavy atom. The van der Waals surface area contributed by atoms with E-state index in [0.717, 1.165) is 27.5 Å². The summed E-state index contributed by atoms with van der Waals surface area (Å²) in [5, 5.41) is 12.7. The molecule has 1 N–H and O–H groups in total. The Kier molecular flexibility index (Phi) is 5.16. The highest BCUT2D eigenvalue weighted by atomic mass is 79.9. The van der Waals surface area contributed by atoms with Crippen LogP contribution >= 0.6 is 31.9 Å². The molecule has 1 aromatic rings. The Labute approximate surface area is 124 Å². The van der Waals surface area contributed by atoms with Gasteiger partial charge in [0.05, 0.1) is 11.8 Å². The molecule has 3 nitrogen and oxygen atoms in total. The highest BCUT2D eigenvalue weighted by molar-refractivity contribution is 9.11. The van der Waals surface area contributed by atoms with E-state index in [0.29, 0.717) is 6.04 Å².